The second-order valence-electron chi connectivity index (χ2n) is 11.6. The molecular formula is C27H30F12O6. The maximum atomic E-state index is 14.8. The van der Waals surface area contributed by atoms with Gasteiger partial charge in [-0.2, -0.15) is 52.7 Å². The standard InChI is InChI=1S/C27H30F12O6/c1-3-18(40)43-20(14-8-6-5-7-9-14)23(26(34,35)36,27(37,38)39)45-17-12-13-10-15(17)16(11-13)21(44-19(41)4-2)22(42,24(28,29)30)25(31,32)33/h3-4,13-17,20-21,42H,1-2,5-12H2. The van der Waals surface area contributed by atoms with E-state index in [1.807, 2.05) is 0 Å². The molecule has 18 heteroatoms. The maximum Gasteiger partial charge on any atom is 0.430 e. The Bertz CT molecular complexity index is 1080. The van der Waals surface area contributed by atoms with Crippen LogP contribution in [0.25, 0.3) is 0 Å². The third-order valence-electron chi connectivity index (χ3n) is 8.95. The zero-order valence-electron chi connectivity index (χ0n) is 23.3. The second kappa shape index (κ2) is 12.6. The smallest absolute Gasteiger partial charge is 0.430 e. The molecule has 0 saturated heterocycles. The Hall–Kier alpha value is -2.50. The van der Waals surface area contributed by atoms with Crippen LogP contribution < -0.4 is 0 Å². The van der Waals surface area contributed by atoms with Crippen LogP contribution in [-0.4, -0.2) is 71.3 Å². The van der Waals surface area contributed by atoms with E-state index in [0.29, 0.717) is 12.5 Å². The molecule has 45 heavy (non-hydrogen) atoms. The van der Waals surface area contributed by atoms with E-state index >= 15 is 0 Å². The van der Waals surface area contributed by atoms with Crippen LogP contribution in [0.4, 0.5) is 52.7 Å². The number of fused-ring (bicyclic) bond motifs is 2. The number of carbonyl (C=O) groups excluding carboxylic acids is 2. The number of hydrogen-bond acceptors (Lipinski definition) is 6. The van der Waals surface area contributed by atoms with Gasteiger partial charge in [0.2, 0.25) is 0 Å². The summed E-state index contributed by atoms with van der Waals surface area (Å²) in [6.45, 7) is 5.85. The third-order valence-corrected chi connectivity index (χ3v) is 8.95. The van der Waals surface area contributed by atoms with Crippen molar-refractivity contribution in [2.45, 2.75) is 106 Å². The number of carbonyl (C=O) groups is 2. The van der Waals surface area contributed by atoms with E-state index < -0.39 is 109 Å². The predicted octanol–water partition coefficient (Wildman–Crippen LogP) is 6.91. The van der Waals surface area contributed by atoms with Crippen molar-refractivity contribution in [3.63, 3.8) is 0 Å². The highest BCUT2D eigenvalue weighted by Gasteiger charge is 2.81. The fourth-order valence-electron chi connectivity index (χ4n) is 7.01. The number of ether oxygens (including phenoxy) is 3. The van der Waals surface area contributed by atoms with Gasteiger partial charge < -0.3 is 19.3 Å². The first-order valence-corrected chi connectivity index (χ1v) is 13.8. The van der Waals surface area contributed by atoms with Crippen LogP contribution in [-0.2, 0) is 23.8 Å². The van der Waals surface area contributed by atoms with Gasteiger partial charge in [-0.1, -0.05) is 32.4 Å². The highest BCUT2D eigenvalue weighted by Crippen LogP contribution is 2.60. The van der Waals surface area contributed by atoms with Gasteiger partial charge in [0.05, 0.1) is 6.10 Å². The van der Waals surface area contributed by atoms with Crippen molar-refractivity contribution < 1.29 is 81.6 Å². The first-order chi connectivity index (χ1) is 20.5. The van der Waals surface area contributed by atoms with E-state index in [0.717, 1.165) is 0 Å². The minimum atomic E-state index is -6.57. The number of aliphatic hydroxyl groups is 1. The Morgan fingerprint density at radius 3 is 1.56 bits per heavy atom. The fourth-order valence-corrected chi connectivity index (χ4v) is 7.01. The van der Waals surface area contributed by atoms with Crippen molar-refractivity contribution in [1.29, 1.82) is 0 Å². The normalized spacial score (nSPS) is 26.7. The lowest BCUT2D eigenvalue weighted by molar-refractivity contribution is -0.421. The van der Waals surface area contributed by atoms with Crippen molar-refractivity contribution in [2.24, 2.45) is 23.7 Å². The average molecular weight is 679 g/mol. The van der Waals surface area contributed by atoms with Crippen molar-refractivity contribution >= 4 is 11.9 Å². The molecular weight excluding hydrogens is 648 g/mol. The number of hydrogen-bond donors (Lipinski definition) is 1. The molecule has 3 aliphatic carbocycles. The van der Waals surface area contributed by atoms with Crippen LogP contribution in [0.15, 0.2) is 25.3 Å². The first kappa shape index (κ1) is 37.0. The molecule has 0 aromatic carbocycles. The highest BCUT2D eigenvalue weighted by molar-refractivity contribution is 5.81. The van der Waals surface area contributed by atoms with Gasteiger partial charge in [-0.3, -0.25) is 0 Å². The van der Waals surface area contributed by atoms with Crippen molar-refractivity contribution in [3.05, 3.63) is 25.3 Å². The monoisotopic (exact) mass is 678 g/mol. The van der Waals surface area contributed by atoms with Crippen LogP contribution in [0.3, 0.4) is 0 Å². The van der Waals surface area contributed by atoms with Gasteiger partial charge >= 0.3 is 36.6 Å². The summed E-state index contributed by atoms with van der Waals surface area (Å²) in [4.78, 5) is 24.0. The minimum absolute atomic E-state index is 0.165. The summed E-state index contributed by atoms with van der Waals surface area (Å²) in [5, 5.41) is 10.1. The van der Waals surface area contributed by atoms with Gasteiger partial charge in [-0.05, 0) is 49.9 Å². The summed E-state index contributed by atoms with van der Waals surface area (Å²) in [5.74, 6) is -10.4. The summed E-state index contributed by atoms with van der Waals surface area (Å²) < 4.78 is 186. The molecule has 3 fully saturated rings. The SMILES string of the molecule is C=CC(=O)OC(C1CC2CC(OC(C(OC(=O)C=C)C3CCCCC3)(C(F)(F)F)C(F)(F)F)C1C2)C(O)(C(F)(F)F)C(F)(F)F. The first-order valence-electron chi connectivity index (χ1n) is 13.8. The molecule has 0 amide bonds. The second-order valence-corrected chi connectivity index (χ2v) is 11.6. The summed E-state index contributed by atoms with van der Waals surface area (Å²) in [6, 6.07) is 0. The fraction of sp³-hybridized carbons (Fsp3) is 0.778. The lowest BCUT2D eigenvalue weighted by Gasteiger charge is -2.49. The van der Waals surface area contributed by atoms with Gasteiger partial charge in [-0.15, -0.1) is 0 Å². The molecule has 3 rings (SSSR count). The van der Waals surface area contributed by atoms with Gasteiger partial charge in [0.25, 0.3) is 11.2 Å². The molecule has 6 atom stereocenters. The van der Waals surface area contributed by atoms with Crippen molar-refractivity contribution in [2.75, 3.05) is 0 Å². The van der Waals surface area contributed by atoms with E-state index in [9.17, 15) is 67.4 Å². The molecule has 0 aromatic heterocycles. The molecule has 3 saturated carbocycles. The Morgan fingerprint density at radius 2 is 1.16 bits per heavy atom. The van der Waals surface area contributed by atoms with Gasteiger partial charge in [-0.25, -0.2) is 9.59 Å². The maximum absolute atomic E-state index is 14.8. The number of halogens is 12. The highest BCUT2D eigenvalue weighted by atomic mass is 19.4. The van der Waals surface area contributed by atoms with Crippen LogP contribution in [0.2, 0.25) is 0 Å². The third kappa shape index (κ3) is 6.67. The molecule has 0 aliphatic heterocycles. The lowest BCUT2D eigenvalue weighted by atomic mass is 9.74. The largest absolute Gasteiger partial charge is 0.455 e. The molecule has 0 radical (unpaired) electrons. The quantitative estimate of drug-likeness (QED) is 0.154. The van der Waals surface area contributed by atoms with E-state index in [1.54, 1.807) is 0 Å². The molecule has 6 unspecified atom stereocenters. The summed E-state index contributed by atoms with van der Waals surface area (Å²) in [6.07, 6.45) is -35.9. The minimum Gasteiger partial charge on any atom is -0.455 e. The Kier molecular flexibility index (Phi) is 10.3. The number of rotatable bonds is 10. The molecule has 1 N–H and O–H groups in total. The van der Waals surface area contributed by atoms with Crippen LogP contribution in [0.5, 0.6) is 0 Å². The van der Waals surface area contributed by atoms with Gasteiger partial charge in [0.1, 0.15) is 0 Å². The van der Waals surface area contributed by atoms with Crippen LogP contribution >= 0.6 is 0 Å². The van der Waals surface area contributed by atoms with Crippen LogP contribution in [0, 0.1) is 23.7 Å². The van der Waals surface area contributed by atoms with Crippen molar-refractivity contribution in [3.8, 4) is 0 Å². The topological polar surface area (TPSA) is 82.1 Å². The number of esters is 2. The zero-order chi connectivity index (χ0) is 34.4. The molecule has 3 aliphatic rings. The molecule has 0 heterocycles. The van der Waals surface area contributed by atoms with E-state index in [1.165, 1.54) is 0 Å². The number of alkyl halides is 12. The molecule has 0 spiro atoms. The molecule has 2 bridgehead atoms. The Labute approximate surface area is 248 Å². The average Bonchev–Trinajstić information content (AvgIpc) is 3.51. The Balaban J connectivity index is 2.17. The predicted molar refractivity (Wildman–Crippen MR) is 128 cm³/mol. The van der Waals surface area contributed by atoms with E-state index in [-0.39, 0.29) is 31.8 Å². The summed E-state index contributed by atoms with van der Waals surface area (Å²) >= 11 is 0. The Morgan fingerprint density at radius 1 is 0.689 bits per heavy atom. The molecule has 258 valence electrons. The summed E-state index contributed by atoms with van der Waals surface area (Å²) in [7, 11) is 0. The summed E-state index contributed by atoms with van der Waals surface area (Å²) in [5.41, 5.74) is -11.0. The van der Waals surface area contributed by atoms with E-state index in [2.05, 4.69) is 17.9 Å². The molecule has 6 nitrogen and oxygen atoms in total. The van der Waals surface area contributed by atoms with E-state index in [4.69, 9.17) is 9.47 Å². The molecule has 0 aromatic rings. The zero-order valence-corrected chi connectivity index (χ0v) is 23.3. The van der Waals surface area contributed by atoms with Gasteiger partial charge in [0.15, 0.2) is 12.2 Å². The van der Waals surface area contributed by atoms with Gasteiger partial charge in [0, 0.05) is 18.1 Å². The van der Waals surface area contributed by atoms with Crippen molar-refractivity contribution in [1.82, 2.24) is 0 Å². The lowest BCUT2D eigenvalue weighted by Crippen LogP contribution is -2.70. The van der Waals surface area contributed by atoms with Crippen LogP contribution in [0.1, 0.15) is 51.4 Å².